The van der Waals surface area contributed by atoms with Crippen molar-refractivity contribution in [3.8, 4) is 11.4 Å². The molecule has 1 aromatic heterocycles. The molecule has 0 saturated heterocycles. The van der Waals surface area contributed by atoms with Gasteiger partial charge in [-0.05, 0) is 25.0 Å². The molecule has 1 saturated carbocycles. The molecule has 7 heteroatoms. The Kier molecular flexibility index (Phi) is 5.42. The largest absolute Gasteiger partial charge is 0.352 e. The maximum atomic E-state index is 12.2. The van der Waals surface area contributed by atoms with E-state index in [0.717, 1.165) is 31.2 Å². The molecular weight excluding hydrogens is 320 g/mol. The van der Waals surface area contributed by atoms with Crippen molar-refractivity contribution in [2.45, 2.75) is 45.1 Å². The molecule has 7 nitrogen and oxygen atoms in total. The molecule has 1 aliphatic carbocycles. The highest BCUT2D eigenvalue weighted by molar-refractivity contribution is 5.96. The van der Waals surface area contributed by atoms with Crippen LogP contribution in [-0.4, -0.2) is 34.5 Å². The average Bonchev–Trinajstić information content (AvgIpc) is 3.07. The van der Waals surface area contributed by atoms with Crippen LogP contribution in [0.4, 0.5) is 0 Å². The van der Waals surface area contributed by atoms with E-state index in [0.29, 0.717) is 17.3 Å². The maximum absolute atomic E-state index is 12.2. The summed E-state index contributed by atoms with van der Waals surface area (Å²) in [5.41, 5.74) is 1.25. The van der Waals surface area contributed by atoms with Crippen LogP contribution in [0.5, 0.6) is 0 Å². The minimum absolute atomic E-state index is 0.0128. The number of amides is 2. The van der Waals surface area contributed by atoms with Crippen LogP contribution < -0.4 is 10.6 Å². The molecule has 1 heterocycles. The van der Waals surface area contributed by atoms with Crippen LogP contribution >= 0.6 is 0 Å². The lowest BCUT2D eigenvalue weighted by molar-refractivity contribution is -0.121. The molecule has 0 radical (unpaired) electrons. The van der Waals surface area contributed by atoms with Gasteiger partial charge in [-0.3, -0.25) is 9.59 Å². The first-order valence-electron chi connectivity index (χ1n) is 8.60. The van der Waals surface area contributed by atoms with Crippen molar-refractivity contribution >= 4 is 11.8 Å². The van der Waals surface area contributed by atoms with Crippen LogP contribution in [0.15, 0.2) is 28.8 Å². The van der Waals surface area contributed by atoms with Gasteiger partial charge in [-0.2, -0.15) is 4.98 Å². The van der Waals surface area contributed by atoms with E-state index in [9.17, 15) is 9.59 Å². The summed E-state index contributed by atoms with van der Waals surface area (Å²) >= 11 is 0. The number of carbonyl (C=O) groups excluding carboxylic acids is 2. The van der Waals surface area contributed by atoms with Crippen LogP contribution in [0.2, 0.25) is 0 Å². The first kappa shape index (κ1) is 17.1. The number of carbonyl (C=O) groups is 2. The van der Waals surface area contributed by atoms with Gasteiger partial charge in [-0.25, -0.2) is 0 Å². The van der Waals surface area contributed by atoms with Crippen molar-refractivity contribution in [2.24, 2.45) is 0 Å². The summed E-state index contributed by atoms with van der Waals surface area (Å²) in [6.07, 6.45) is 5.60. The van der Waals surface area contributed by atoms with Gasteiger partial charge in [0.1, 0.15) is 0 Å². The standard InChI is InChI=1S/C18H22N4O3/c1-12-20-17(22-25-12)13-7-9-14(10-8-13)18(24)19-11-16(23)21-15-5-3-2-4-6-15/h7-10,15H,2-6,11H2,1H3,(H,19,24)(H,21,23). The van der Waals surface area contributed by atoms with Gasteiger partial charge in [0.2, 0.25) is 17.6 Å². The van der Waals surface area contributed by atoms with Gasteiger partial charge < -0.3 is 15.2 Å². The number of nitrogens with zero attached hydrogens (tertiary/aromatic N) is 2. The zero-order chi connectivity index (χ0) is 17.6. The van der Waals surface area contributed by atoms with Gasteiger partial charge in [0, 0.05) is 24.1 Å². The Balaban J connectivity index is 1.50. The van der Waals surface area contributed by atoms with E-state index in [1.54, 1.807) is 31.2 Å². The highest BCUT2D eigenvalue weighted by atomic mass is 16.5. The molecule has 2 aromatic rings. The van der Waals surface area contributed by atoms with Gasteiger partial charge in [-0.15, -0.1) is 0 Å². The zero-order valence-electron chi connectivity index (χ0n) is 14.2. The number of hydrogen-bond acceptors (Lipinski definition) is 5. The summed E-state index contributed by atoms with van der Waals surface area (Å²) in [5, 5.41) is 9.46. The summed E-state index contributed by atoms with van der Waals surface area (Å²) in [6, 6.07) is 7.10. The molecule has 0 spiro atoms. The van der Waals surface area contributed by atoms with E-state index in [-0.39, 0.29) is 24.4 Å². The normalized spacial score (nSPS) is 14.9. The molecule has 1 aliphatic rings. The van der Waals surface area contributed by atoms with Gasteiger partial charge in [0.05, 0.1) is 6.54 Å². The van der Waals surface area contributed by atoms with Crippen molar-refractivity contribution in [3.63, 3.8) is 0 Å². The topological polar surface area (TPSA) is 97.1 Å². The van der Waals surface area contributed by atoms with E-state index in [1.165, 1.54) is 6.42 Å². The van der Waals surface area contributed by atoms with Gasteiger partial charge in [-0.1, -0.05) is 36.6 Å². The fourth-order valence-corrected chi connectivity index (χ4v) is 2.98. The second-order valence-electron chi connectivity index (χ2n) is 6.30. The minimum atomic E-state index is -0.283. The third kappa shape index (κ3) is 4.65. The van der Waals surface area contributed by atoms with Crippen LogP contribution in [-0.2, 0) is 4.79 Å². The fraction of sp³-hybridized carbons (Fsp3) is 0.444. The molecule has 0 unspecified atom stereocenters. The van der Waals surface area contributed by atoms with Crippen molar-refractivity contribution in [1.82, 2.24) is 20.8 Å². The summed E-state index contributed by atoms with van der Waals surface area (Å²) < 4.78 is 4.94. The van der Waals surface area contributed by atoms with E-state index in [2.05, 4.69) is 20.8 Å². The summed E-state index contributed by atoms with van der Waals surface area (Å²) in [4.78, 5) is 28.2. The van der Waals surface area contributed by atoms with Gasteiger partial charge >= 0.3 is 0 Å². The third-order valence-electron chi connectivity index (χ3n) is 4.31. The predicted molar refractivity (Wildman–Crippen MR) is 91.8 cm³/mol. The Labute approximate surface area is 146 Å². The average molecular weight is 342 g/mol. The highest BCUT2D eigenvalue weighted by Crippen LogP contribution is 2.17. The molecule has 0 aliphatic heterocycles. The number of aromatic nitrogens is 2. The third-order valence-corrected chi connectivity index (χ3v) is 4.31. The first-order chi connectivity index (χ1) is 12.1. The van der Waals surface area contributed by atoms with Gasteiger partial charge in [0.15, 0.2) is 0 Å². The van der Waals surface area contributed by atoms with Crippen molar-refractivity contribution in [1.29, 1.82) is 0 Å². The van der Waals surface area contributed by atoms with Crippen molar-refractivity contribution < 1.29 is 14.1 Å². The first-order valence-corrected chi connectivity index (χ1v) is 8.60. The van der Waals surface area contributed by atoms with Crippen LogP contribution in [0.3, 0.4) is 0 Å². The quantitative estimate of drug-likeness (QED) is 0.868. The molecule has 2 amide bonds. The van der Waals surface area contributed by atoms with E-state index in [1.807, 2.05) is 0 Å². The summed E-state index contributed by atoms with van der Waals surface area (Å²) in [5.74, 6) is 0.547. The van der Waals surface area contributed by atoms with Crippen LogP contribution in [0.1, 0.15) is 48.4 Å². The monoisotopic (exact) mass is 342 g/mol. The van der Waals surface area contributed by atoms with Crippen LogP contribution in [0.25, 0.3) is 11.4 Å². The molecule has 3 rings (SSSR count). The molecule has 0 bridgehead atoms. The number of nitrogens with one attached hydrogen (secondary N) is 2. The smallest absolute Gasteiger partial charge is 0.251 e. The Morgan fingerprint density at radius 3 is 2.52 bits per heavy atom. The van der Waals surface area contributed by atoms with Crippen molar-refractivity contribution in [3.05, 3.63) is 35.7 Å². The predicted octanol–water partition coefficient (Wildman–Crippen LogP) is 2.22. The Hall–Kier alpha value is -2.70. The number of hydrogen-bond donors (Lipinski definition) is 2. The summed E-state index contributed by atoms with van der Waals surface area (Å²) in [6.45, 7) is 1.71. The lowest BCUT2D eigenvalue weighted by Gasteiger charge is -2.22. The number of rotatable bonds is 5. The Morgan fingerprint density at radius 2 is 1.88 bits per heavy atom. The van der Waals surface area contributed by atoms with E-state index < -0.39 is 0 Å². The lowest BCUT2D eigenvalue weighted by atomic mass is 9.95. The second kappa shape index (κ2) is 7.92. The van der Waals surface area contributed by atoms with Crippen LogP contribution in [0, 0.1) is 6.92 Å². The van der Waals surface area contributed by atoms with E-state index in [4.69, 9.17) is 4.52 Å². The molecule has 0 atom stereocenters. The molecule has 1 fully saturated rings. The maximum Gasteiger partial charge on any atom is 0.251 e. The van der Waals surface area contributed by atoms with Crippen molar-refractivity contribution in [2.75, 3.05) is 6.54 Å². The highest BCUT2D eigenvalue weighted by Gasteiger charge is 2.16. The fourth-order valence-electron chi connectivity index (χ4n) is 2.98. The van der Waals surface area contributed by atoms with Gasteiger partial charge in [0.25, 0.3) is 5.91 Å². The lowest BCUT2D eigenvalue weighted by Crippen LogP contribution is -2.42. The van der Waals surface area contributed by atoms with E-state index >= 15 is 0 Å². The summed E-state index contributed by atoms with van der Waals surface area (Å²) in [7, 11) is 0. The number of benzene rings is 1. The molecular formula is C18H22N4O3. The number of aryl methyl sites for hydroxylation is 1. The SMILES string of the molecule is Cc1nc(-c2ccc(C(=O)NCC(=O)NC3CCCCC3)cc2)no1. The Morgan fingerprint density at radius 1 is 1.16 bits per heavy atom. The molecule has 25 heavy (non-hydrogen) atoms. The Bertz CT molecular complexity index is 733. The molecule has 132 valence electrons. The minimum Gasteiger partial charge on any atom is -0.352 e. The second-order valence-corrected chi connectivity index (χ2v) is 6.30. The zero-order valence-corrected chi connectivity index (χ0v) is 14.2. The molecule has 2 N–H and O–H groups in total. The molecule has 1 aromatic carbocycles.